The van der Waals surface area contributed by atoms with Gasteiger partial charge >= 0.3 is 0 Å². The maximum absolute atomic E-state index is 3.27. The molecule has 0 radical (unpaired) electrons. The van der Waals surface area contributed by atoms with Gasteiger partial charge in [-0.1, -0.05) is 93.0 Å². The van der Waals surface area contributed by atoms with Crippen molar-refractivity contribution in [2.75, 3.05) is 0 Å². The van der Waals surface area contributed by atoms with Crippen LogP contribution >= 0.6 is 0 Å². The third kappa shape index (κ3) is 6.69. The summed E-state index contributed by atoms with van der Waals surface area (Å²) in [6.07, 6.45) is 6.75. The smallest absolute Gasteiger partial charge is 0.0340 e. The number of aryl methyl sites for hydroxylation is 1. The molecule has 0 atom stereocenters. The molecule has 3 aromatic carbocycles. The second-order valence-electron chi connectivity index (χ2n) is 7.56. The van der Waals surface area contributed by atoms with Crippen LogP contribution in [0.15, 0.2) is 72.8 Å². The fourth-order valence-corrected chi connectivity index (χ4v) is 3.33. The molecule has 0 saturated carbocycles. The van der Waals surface area contributed by atoms with Gasteiger partial charge in [0, 0.05) is 24.0 Å². The summed E-state index contributed by atoms with van der Waals surface area (Å²) in [5, 5.41) is 0. The standard InChI is InChI=1S/C30H30/c1-3-5-7-9-25-11-13-27(14-12-25)15-16-28-19-23-30(24-20-28)29-21-17-26(18-22-29)10-8-6-4-2/h11-14,17-24H,3-4,6,8-10H2,1-2H3. The minimum atomic E-state index is 0.808. The van der Waals surface area contributed by atoms with Gasteiger partial charge in [-0.15, -0.1) is 5.92 Å². The number of unbranched alkanes of at least 4 members (excludes halogenated alkanes) is 2. The molecule has 0 unspecified atom stereocenters. The van der Waals surface area contributed by atoms with E-state index in [-0.39, 0.29) is 0 Å². The number of benzene rings is 3. The summed E-state index contributed by atoms with van der Waals surface area (Å²) >= 11 is 0. The van der Waals surface area contributed by atoms with E-state index in [0.717, 1.165) is 24.0 Å². The van der Waals surface area contributed by atoms with Crippen LogP contribution in [0.5, 0.6) is 0 Å². The molecule has 30 heavy (non-hydrogen) atoms. The molecule has 0 aliphatic carbocycles. The largest absolute Gasteiger partial charge is 0.103 e. The third-order valence-corrected chi connectivity index (χ3v) is 5.14. The van der Waals surface area contributed by atoms with Gasteiger partial charge in [-0.3, -0.25) is 0 Å². The van der Waals surface area contributed by atoms with Gasteiger partial charge in [-0.25, -0.2) is 0 Å². The molecule has 0 aliphatic heterocycles. The van der Waals surface area contributed by atoms with Gasteiger partial charge in [0.2, 0.25) is 0 Å². The molecule has 0 spiro atoms. The van der Waals surface area contributed by atoms with E-state index in [1.807, 2.05) is 0 Å². The molecular weight excluding hydrogens is 360 g/mol. The van der Waals surface area contributed by atoms with Crippen molar-refractivity contribution < 1.29 is 0 Å². The van der Waals surface area contributed by atoms with Crippen molar-refractivity contribution in [3.05, 3.63) is 95.1 Å². The molecular formula is C30H30. The van der Waals surface area contributed by atoms with Crippen LogP contribution in [0.25, 0.3) is 11.1 Å². The SMILES string of the molecule is CCC#CCc1ccc(C#Cc2ccc(-c3ccc(CCCCC)cc3)cc2)cc1. The zero-order chi connectivity index (χ0) is 21.0. The Balaban J connectivity index is 1.61. The second-order valence-corrected chi connectivity index (χ2v) is 7.56. The van der Waals surface area contributed by atoms with Crippen molar-refractivity contribution in [2.45, 2.75) is 52.4 Å². The second kappa shape index (κ2) is 11.7. The summed E-state index contributed by atoms with van der Waals surface area (Å²) < 4.78 is 0. The van der Waals surface area contributed by atoms with Crippen molar-refractivity contribution in [3.8, 4) is 34.8 Å². The maximum atomic E-state index is 3.27. The van der Waals surface area contributed by atoms with E-state index < -0.39 is 0 Å². The molecule has 0 amide bonds. The summed E-state index contributed by atoms with van der Waals surface area (Å²) in [4.78, 5) is 0. The van der Waals surface area contributed by atoms with E-state index in [1.54, 1.807) is 0 Å². The first kappa shape index (κ1) is 21.5. The molecule has 0 fully saturated rings. The van der Waals surface area contributed by atoms with Crippen molar-refractivity contribution in [3.63, 3.8) is 0 Å². The van der Waals surface area contributed by atoms with E-state index in [2.05, 4.69) is 110 Å². The molecule has 0 aliphatic rings. The Morgan fingerprint density at radius 2 is 1.10 bits per heavy atom. The lowest BCUT2D eigenvalue weighted by molar-refractivity contribution is 0.717. The minimum absolute atomic E-state index is 0.808. The topological polar surface area (TPSA) is 0 Å². The lowest BCUT2D eigenvalue weighted by Crippen LogP contribution is -1.86. The Hall–Kier alpha value is -3.22. The average molecular weight is 391 g/mol. The fourth-order valence-electron chi connectivity index (χ4n) is 3.33. The molecule has 0 heterocycles. The number of hydrogen-bond acceptors (Lipinski definition) is 0. The molecule has 0 N–H and O–H groups in total. The lowest BCUT2D eigenvalue weighted by Gasteiger charge is -2.05. The van der Waals surface area contributed by atoms with Crippen LogP contribution in [0.4, 0.5) is 0 Å². The van der Waals surface area contributed by atoms with E-state index in [1.165, 1.54) is 47.9 Å². The van der Waals surface area contributed by atoms with Crippen molar-refractivity contribution in [1.82, 2.24) is 0 Å². The van der Waals surface area contributed by atoms with Gasteiger partial charge in [0.05, 0.1) is 0 Å². The molecule has 3 aromatic rings. The molecule has 0 heteroatoms. The van der Waals surface area contributed by atoms with Crippen LogP contribution in [0.3, 0.4) is 0 Å². The zero-order valence-electron chi connectivity index (χ0n) is 18.2. The van der Waals surface area contributed by atoms with Gasteiger partial charge in [0.25, 0.3) is 0 Å². The van der Waals surface area contributed by atoms with E-state index in [9.17, 15) is 0 Å². The van der Waals surface area contributed by atoms with Gasteiger partial charge in [0.1, 0.15) is 0 Å². The van der Waals surface area contributed by atoms with Crippen LogP contribution in [0, 0.1) is 23.7 Å². The summed E-state index contributed by atoms with van der Waals surface area (Å²) in [6, 6.07) is 25.9. The fraction of sp³-hybridized carbons (Fsp3) is 0.267. The quantitative estimate of drug-likeness (QED) is 0.303. The highest BCUT2D eigenvalue weighted by Gasteiger charge is 1.99. The van der Waals surface area contributed by atoms with Crippen LogP contribution in [-0.2, 0) is 12.8 Å². The monoisotopic (exact) mass is 390 g/mol. The summed E-state index contributed by atoms with van der Waals surface area (Å²) in [6.45, 7) is 4.32. The highest BCUT2D eigenvalue weighted by Crippen LogP contribution is 2.21. The van der Waals surface area contributed by atoms with Crippen molar-refractivity contribution in [1.29, 1.82) is 0 Å². The van der Waals surface area contributed by atoms with E-state index in [0.29, 0.717) is 0 Å². The highest BCUT2D eigenvalue weighted by atomic mass is 14.0. The van der Waals surface area contributed by atoms with E-state index >= 15 is 0 Å². The van der Waals surface area contributed by atoms with Crippen molar-refractivity contribution in [2.24, 2.45) is 0 Å². The normalized spacial score (nSPS) is 9.93. The summed E-state index contributed by atoms with van der Waals surface area (Å²) in [7, 11) is 0. The van der Waals surface area contributed by atoms with Crippen LogP contribution in [-0.4, -0.2) is 0 Å². The van der Waals surface area contributed by atoms with Gasteiger partial charge in [-0.2, -0.15) is 0 Å². The van der Waals surface area contributed by atoms with Crippen molar-refractivity contribution >= 4 is 0 Å². The van der Waals surface area contributed by atoms with Crippen LogP contribution < -0.4 is 0 Å². The molecule has 0 aromatic heterocycles. The Kier molecular flexibility index (Phi) is 8.38. The third-order valence-electron chi connectivity index (χ3n) is 5.14. The Morgan fingerprint density at radius 1 is 0.567 bits per heavy atom. The molecule has 0 saturated heterocycles. The predicted molar refractivity (Wildman–Crippen MR) is 129 cm³/mol. The zero-order valence-corrected chi connectivity index (χ0v) is 18.2. The Bertz CT molecular complexity index is 1030. The lowest BCUT2D eigenvalue weighted by atomic mass is 10.0. The Labute approximate surface area is 182 Å². The van der Waals surface area contributed by atoms with E-state index in [4.69, 9.17) is 0 Å². The minimum Gasteiger partial charge on any atom is -0.103 e. The first-order valence-electron chi connectivity index (χ1n) is 11.0. The highest BCUT2D eigenvalue weighted by molar-refractivity contribution is 5.64. The van der Waals surface area contributed by atoms with Crippen LogP contribution in [0.1, 0.15) is 61.8 Å². The molecule has 150 valence electrons. The van der Waals surface area contributed by atoms with Gasteiger partial charge in [-0.05, 0) is 59.4 Å². The molecule has 0 bridgehead atoms. The summed E-state index contributed by atoms with van der Waals surface area (Å²) in [5.74, 6) is 12.8. The first-order chi connectivity index (χ1) is 14.8. The van der Waals surface area contributed by atoms with Gasteiger partial charge < -0.3 is 0 Å². The molecule has 0 nitrogen and oxygen atoms in total. The average Bonchev–Trinajstić information content (AvgIpc) is 2.80. The Morgan fingerprint density at radius 3 is 1.67 bits per heavy atom. The number of rotatable bonds is 6. The maximum Gasteiger partial charge on any atom is 0.0340 e. The van der Waals surface area contributed by atoms with Crippen LogP contribution in [0.2, 0.25) is 0 Å². The van der Waals surface area contributed by atoms with Gasteiger partial charge in [0.15, 0.2) is 0 Å². The summed E-state index contributed by atoms with van der Waals surface area (Å²) in [5.41, 5.74) is 7.23. The molecule has 3 rings (SSSR count). The predicted octanol–water partition coefficient (Wildman–Crippen LogP) is 7.44. The number of hydrogen-bond donors (Lipinski definition) is 0. The first-order valence-corrected chi connectivity index (χ1v) is 11.0.